The number of thiazole rings is 1. The molecule has 0 spiro atoms. The van der Waals surface area contributed by atoms with Crippen molar-refractivity contribution in [3.63, 3.8) is 0 Å². The summed E-state index contributed by atoms with van der Waals surface area (Å²) in [7, 11) is 0. The normalized spacial score (nSPS) is 17.3. The highest BCUT2D eigenvalue weighted by Crippen LogP contribution is 2.30. The molecule has 21 heavy (non-hydrogen) atoms. The van der Waals surface area contributed by atoms with E-state index in [9.17, 15) is 10.1 Å². The summed E-state index contributed by atoms with van der Waals surface area (Å²) < 4.78 is 0.873. The van der Waals surface area contributed by atoms with E-state index in [2.05, 4.69) is 10.3 Å². The molecule has 0 unspecified atom stereocenters. The van der Waals surface area contributed by atoms with E-state index in [-0.39, 0.29) is 10.6 Å². The van der Waals surface area contributed by atoms with Crippen LogP contribution in [0.5, 0.6) is 0 Å². The Hall–Kier alpha value is -1.69. The van der Waals surface area contributed by atoms with Gasteiger partial charge in [0.1, 0.15) is 0 Å². The van der Waals surface area contributed by atoms with Crippen LogP contribution in [0, 0.1) is 10.1 Å². The van der Waals surface area contributed by atoms with Gasteiger partial charge in [0, 0.05) is 18.2 Å². The molecule has 1 aliphatic rings. The third-order valence-corrected chi connectivity index (χ3v) is 4.96. The summed E-state index contributed by atoms with van der Waals surface area (Å²) in [5.74, 6) is 0. The van der Waals surface area contributed by atoms with Gasteiger partial charge in [0.15, 0.2) is 5.13 Å². The number of nitro groups is 1. The van der Waals surface area contributed by atoms with Crippen molar-refractivity contribution in [1.82, 2.24) is 4.98 Å². The molecule has 0 aliphatic heterocycles. The molecule has 0 amide bonds. The lowest BCUT2D eigenvalue weighted by atomic mass is 9.97. The number of hydrogen-bond donors (Lipinski definition) is 1. The molecular formula is C15H19N3O2S. The Balaban J connectivity index is 1.75. The van der Waals surface area contributed by atoms with Crippen molar-refractivity contribution in [1.29, 1.82) is 0 Å². The van der Waals surface area contributed by atoms with Gasteiger partial charge in [-0.25, -0.2) is 4.98 Å². The zero-order chi connectivity index (χ0) is 14.7. The van der Waals surface area contributed by atoms with Crippen LogP contribution in [0.2, 0.25) is 0 Å². The predicted molar refractivity (Wildman–Crippen MR) is 86.0 cm³/mol. The fraction of sp³-hybridized carbons (Fsp3) is 0.533. The molecule has 6 heteroatoms. The molecule has 2 aromatic rings. The molecule has 0 radical (unpaired) electrons. The number of hydrogen-bond acceptors (Lipinski definition) is 5. The quantitative estimate of drug-likeness (QED) is 0.657. The van der Waals surface area contributed by atoms with Crippen molar-refractivity contribution >= 4 is 32.4 Å². The summed E-state index contributed by atoms with van der Waals surface area (Å²) in [4.78, 5) is 15.0. The Bertz CT molecular complexity index is 633. The van der Waals surface area contributed by atoms with E-state index in [1.807, 2.05) is 0 Å². The molecule has 1 fully saturated rings. The van der Waals surface area contributed by atoms with Crippen molar-refractivity contribution < 1.29 is 4.92 Å². The molecule has 0 bridgehead atoms. The second-order valence-corrected chi connectivity index (χ2v) is 6.65. The van der Waals surface area contributed by atoms with Gasteiger partial charge in [-0.05, 0) is 18.9 Å². The first-order valence-electron chi connectivity index (χ1n) is 7.54. The average molecular weight is 305 g/mol. The highest BCUT2D eigenvalue weighted by Gasteiger charge is 2.14. The molecule has 1 N–H and O–H groups in total. The molecule has 1 aliphatic carbocycles. The Morgan fingerprint density at radius 2 is 1.90 bits per heavy atom. The van der Waals surface area contributed by atoms with E-state index in [1.54, 1.807) is 12.1 Å². The molecular weight excluding hydrogens is 286 g/mol. The van der Waals surface area contributed by atoms with Gasteiger partial charge in [-0.2, -0.15) is 0 Å². The molecule has 5 nitrogen and oxygen atoms in total. The smallest absolute Gasteiger partial charge is 0.270 e. The van der Waals surface area contributed by atoms with Crippen LogP contribution in [0.15, 0.2) is 18.2 Å². The Morgan fingerprint density at radius 1 is 1.19 bits per heavy atom. The highest BCUT2D eigenvalue weighted by molar-refractivity contribution is 7.22. The van der Waals surface area contributed by atoms with Crippen LogP contribution >= 0.6 is 11.3 Å². The van der Waals surface area contributed by atoms with Gasteiger partial charge in [0.05, 0.1) is 15.1 Å². The number of nitrogens with one attached hydrogen (secondary N) is 1. The minimum absolute atomic E-state index is 0.128. The number of nitro benzene ring substituents is 1. The van der Waals surface area contributed by atoms with Gasteiger partial charge < -0.3 is 5.32 Å². The zero-order valence-electron chi connectivity index (χ0n) is 11.9. The van der Waals surface area contributed by atoms with E-state index in [0.717, 1.165) is 15.3 Å². The predicted octanol–water partition coefficient (Wildman–Crippen LogP) is 4.73. The Labute approximate surface area is 127 Å². The third kappa shape index (κ3) is 3.50. The first-order chi connectivity index (χ1) is 10.2. The summed E-state index contributed by atoms with van der Waals surface area (Å²) in [5, 5.41) is 15.2. The lowest BCUT2D eigenvalue weighted by molar-refractivity contribution is -0.384. The van der Waals surface area contributed by atoms with Crippen LogP contribution < -0.4 is 5.32 Å². The number of fused-ring (bicyclic) bond motifs is 1. The van der Waals surface area contributed by atoms with Gasteiger partial charge >= 0.3 is 0 Å². The van der Waals surface area contributed by atoms with Crippen LogP contribution in [0.4, 0.5) is 10.8 Å². The maximum Gasteiger partial charge on any atom is 0.270 e. The number of anilines is 1. The van der Waals surface area contributed by atoms with Crippen LogP contribution in [-0.4, -0.2) is 15.9 Å². The standard InChI is InChI=1S/C15H19N3O2S/c19-18(20)12-8-9-13-14(10-12)21-15(17-13)16-11-6-4-2-1-3-5-7-11/h8-11H,1-7H2,(H,16,17). The summed E-state index contributed by atoms with van der Waals surface area (Å²) in [6, 6.07) is 5.34. The second-order valence-electron chi connectivity index (χ2n) is 5.61. The van der Waals surface area contributed by atoms with Crippen molar-refractivity contribution in [2.24, 2.45) is 0 Å². The first-order valence-corrected chi connectivity index (χ1v) is 8.35. The molecule has 1 aromatic heterocycles. The molecule has 1 aromatic carbocycles. The lowest BCUT2D eigenvalue weighted by Gasteiger charge is -2.20. The van der Waals surface area contributed by atoms with Gasteiger partial charge in [-0.3, -0.25) is 10.1 Å². The van der Waals surface area contributed by atoms with Gasteiger partial charge in [-0.1, -0.05) is 43.4 Å². The van der Waals surface area contributed by atoms with Crippen molar-refractivity contribution in [3.05, 3.63) is 28.3 Å². The fourth-order valence-corrected chi connectivity index (χ4v) is 3.84. The SMILES string of the molecule is O=[N+]([O-])c1ccc2nc(NC3CCCCCCC3)sc2c1. The van der Waals surface area contributed by atoms with Crippen LogP contribution in [0.3, 0.4) is 0 Å². The molecule has 1 saturated carbocycles. The van der Waals surface area contributed by atoms with E-state index < -0.39 is 0 Å². The minimum atomic E-state index is -0.360. The van der Waals surface area contributed by atoms with Crippen molar-refractivity contribution in [3.8, 4) is 0 Å². The summed E-state index contributed by atoms with van der Waals surface area (Å²) in [6.07, 6.45) is 8.93. The number of nitrogens with zero attached hydrogens (tertiary/aromatic N) is 2. The largest absolute Gasteiger partial charge is 0.359 e. The number of rotatable bonds is 3. The molecule has 1 heterocycles. The number of non-ortho nitro benzene ring substituents is 1. The zero-order valence-corrected chi connectivity index (χ0v) is 12.7. The maximum absolute atomic E-state index is 10.8. The molecule has 3 rings (SSSR count). The van der Waals surface area contributed by atoms with E-state index in [1.165, 1.54) is 62.3 Å². The number of benzene rings is 1. The van der Waals surface area contributed by atoms with Crippen molar-refractivity contribution in [2.75, 3.05) is 5.32 Å². The first kappa shape index (κ1) is 14.3. The van der Waals surface area contributed by atoms with Crippen LogP contribution in [-0.2, 0) is 0 Å². The minimum Gasteiger partial charge on any atom is -0.359 e. The maximum atomic E-state index is 10.8. The van der Waals surface area contributed by atoms with Gasteiger partial charge in [0.25, 0.3) is 5.69 Å². The van der Waals surface area contributed by atoms with E-state index in [0.29, 0.717) is 6.04 Å². The third-order valence-electron chi connectivity index (χ3n) is 4.02. The van der Waals surface area contributed by atoms with Crippen LogP contribution in [0.1, 0.15) is 44.9 Å². The summed E-state index contributed by atoms with van der Waals surface area (Å²) in [6.45, 7) is 0. The van der Waals surface area contributed by atoms with Gasteiger partial charge in [-0.15, -0.1) is 0 Å². The fourth-order valence-electron chi connectivity index (χ4n) is 2.86. The van der Waals surface area contributed by atoms with Crippen LogP contribution in [0.25, 0.3) is 10.2 Å². The molecule has 112 valence electrons. The second kappa shape index (κ2) is 6.39. The van der Waals surface area contributed by atoms with E-state index in [4.69, 9.17) is 0 Å². The number of aromatic nitrogens is 1. The monoisotopic (exact) mass is 305 g/mol. The Morgan fingerprint density at radius 3 is 2.62 bits per heavy atom. The highest BCUT2D eigenvalue weighted by atomic mass is 32.1. The topological polar surface area (TPSA) is 68.1 Å². The van der Waals surface area contributed by atoms with E-state index >= 15 is 0 Å². The van der Waals surface area contributed by atoms with Crippen molar-refractivity contribution in [2.45, 2.75) is 51.0 Å². The average Bonchev–Trinajstić information content (AvgIpc) is 2.82. The molecule has 0 atom stereocenters. The summed E-state index contributed by atoms with van der Waals surface area (Å²) >= 11 is 1.51. The Kier molecular flexibility index (Phi) is 4.34. The lowest BCUT2D eigenvalue weighted by Crippen LogP contribution is -2.20. The van der Waals surface area contributed by atoms with Gasteiger partial charge in [0.2, 0.25) is 0 Å². The summed E-state index contributed by atoms with van der Waals surface area (Å²) in [5.41, 5.74) is 0.961. The molecule has 0 saturated heterocycles.